The Morgan fingerprint density at radius 1 is 0.636 bits per heavy atom. The summed E-state index contributed by atoms with van der Waals surface area (Å²) in [6.07, 6.45) is 6.54. The van der Waals surface area contributed by atoms with E-state index in [4.69, 9.17) is 0 Å². The predicted molar refractivity (Wildman–Crippen MR) is 137 cm³/mol. The molecule has 0 radical (unpaired) electrons. The number of benzene rings is 4. The van der Waals surface area contributed by atoms with Gasteiger partial charge in [0.2, 0.25) is 0 Å². The molecule has 3 nitrogen and oxygen atoms in total. The minimum absolute atomic E-state index is 0.506. The molecule has 158 valence electrons. The Balaban J connectivity index is 1.38. The molecule has 2 heterocycles. The molecule has 0 bridgehead atoms. The Bertz CT molecular complexity index is 1760. The predicted octanol–water partition coefficient (Wildman–Crippen LogP) is 7.19. The van der Waals surface area contributed by atoms with Gasteiger partial charge in [0.05, 0.1) is 11.0 Å². The normalized spacial score (nSPS) is 18.5. The molecule has 6 aromatic rings. The second kappa shape index (κ2) is 6.71. The summed E-state index contributed by atoms with van der Waals surface area (Å²) in [6, 6.07) is 29.3. The second-order valence-corrected chi connectivity index (χ2v) is 8.95. The summed E-state index contributed by atoms with van der Waals surface area (Å²) in [5.41, 5.74) is 6.38. The Labute approximate surface area is 190 Å². The highest BCUT2D eigenvalue weighted by Gasteiger charge is 2.32. The number of aromatic nitrogens is 2. The van der Waals surface area contributed by atoms with Gasteiger partial charge < -0.3 is 15.1 Å². The summed E-state index contributed by atoms with van der Waals surface area (Å²) < 4.78 is 0. The van der Waals surface area contributed by atoms with E-state index in [1.807, 2.05) is 30.4 Å². The molecule has 0 saturated carbocycles. The molecular formula is C30H22N2O. The third-order valence-corrected chi connectivity index (χ3v) is 7.02. The van der Waals surface area contributed by atoms with Gasteiger partial charge in [0.1, 0.15) is 5.60 Å². The number of rotatable bonds is 2. The summed E-state index contributed by atoms with van der Waals surface area (Å²) in [5.74, 6) is 0. The third kappa shape index (κ3) is 2.66. The molecule has 7 rings (SSSR count). The fraction of sp³-hybridized carbons (Fsp3) is 0.0667. The van der Waals surface area contributed by atoms with Gasteiger partial charge in [0.25, 0.3) is 0 Å². The fourth-order valence-corrected chi connectivity index (χ4v) is 5.48. The number of allylic oxidation sites excluding steroid dienone is 2. The van der Waals surface area contributed by atoms with Crippen molar-refractivity contribution in [2.45, 2.75) is 12.0 Å². The summed E-state index contributed by atoms with van der Waals surface area (Å²) in [6.45, 7) is 0. The average Bonchev–Trinajstić information content (AvgIpc) is 3.42. The lowest BCUT2D eigenvalue weighted by molar-refractivity contribution is 0.0958. The lowest BCUT2D eigenvalue weighted by Gasteiger charge is -2.30. The number of para-hydroxylation sites is 4. The minimum Gasteiger partial charge on any atom is -0.381 e. The zero-order valence-corrected chi connectivity index (χ0v) is 18.0. The first-order valence-electron chi connectivity index (χ1n) is 11.3. The van der Waals surface area contributed by atoms with Crippen LogP contribution >= 0.6 is 0 Å². The maximum absolute atomic E-state index is 12.0. The molecule has 1 unspecified atom stereocenters. The number of aromatic amines is 2. The number of hydrogen-bond donors (Lipinski definition) is 3. The lowest BCUT2D eigenvalue weighted by Crippen LogP contribution is -2.25. The van der Waals surface area contributed by atoms with Gasteiger partial charge in [0, 0.05) is 50.1 Å². The molecule has 33 heavy (non-hydrogen) atoms. The molecule has 0 fully saturated rings. The number of H-pyrrole nitrogens is 2. The van der Waals surface area contributed by atoms with Gasteiger partial charge in [-0.15, -0.1) is 0 Å². The smallest absolute Gasteiger partial charge is 0.114 e. The molecule has 0 aliphatic heterocycles. The molecule has 1 aliphatic rings. The van der Waals surface area contributed by atoms with E-state index in [9.17, 15) is 5.11 Å². The van der Waals surface area contributed by atoms with Crippen molar-refractivity contribution in [2.75, 3.05) is 0 Å². The van der Waals surface area contributed by atoms with Gasteiger partial charge in [-0.2, -0.15) is 0 Å². The maximum atomic E-state index is 12.0. The number of fused-ring (bicyclic) bond motifs is 6. The van der Waals surface area contributed by atoms with Crippen molar-refractivity contribution in [1.29, 1.82) is 0 Å². The highest BCUT2D eigenvalue weighted by atomic mass is 16.3. The van der Waals surface area contributed by atoms with E-state index < -0.39 is 5.60 Å². The zero-order valence-electron chi connectivity index (χ0n) is 18.0. The SMILES string of the molecule is OC1(c2cccc3c2[nH]c2ccccc23)C=CC=C(c2cccc3c2[nH]c2ccccc23)C1. The molecule has 3 heteroatoms. The van der Waals surface area contributed by atoms with E-state index in [0.717, 1.165) is 44.2 Å². The van der Waals surface area contributed by atoms with Crippen LogP contribution in [0.2, 0.25) is 0 Å². The Morgan fingerprint density at radius 3 is 2.00 bits per heavy atom. The van der Waals surface area contributed by atoms with E-state index in [-0.39, 0.29) is 0 Å². The highest BCUT2D eigenvalue weighted by molar-refractivity contribution is 6.11. The summed E-state index contributed by atoms with van der Waals surface area (Å²) in [7, 11) is 0. The van der Waals surface area contributed by atoms with Gasteiger partial charge in [-0.1, -0.05) is 84.9 Å². The van der Waals surface area contributed by atoms with E-state index in [1.165, 1.54) is 16.2 Å². The molecule has 0 spiro atoms. The van der Waals surface area contributed by atoms with Crippen LogP contribution in [0.4, 0.5) is 0 Å². The molecule has 0 amide bonds. The quantitative estimate of drug-likeness (QED) is 0.270. The van der Waals surface area contributed by atoms with E-state index in [0.29, 0.717) is 6.42 Å². The Morgan fingerprint density at radius 2 is 1.24 bits per heavy atom. The third-order valence-electron chi connectivity index (χ3n) is 7.02. The van der Waals surface area contributed by atoms with Crippen LogP contribution in [-0.2, 0) is 5.60 Å². The van der Waals surface area contributed by atoms with Crippen LogP contribution in [0.3, 0.4) is 0 Å². The molecule has 3 N–H and O–H groups in total. The number of nitrogens with one attached hydrogen (secondary N) is 2. The Hall–Kier alpha value is -4.08. The van der Waals surface area contributed by atoms with Crippen molar-refractivity contribution in [3.63, 3.8) is 0 Å². The van der Waals surface area contributed by atoms with Gasteiger partial charge >= 0.3 is 0 Å². The van der Waals surface area contributed by atoms with Crippen LogP contribution in [-0.4, -0.2) is 15.1 Å². The largest absolute Gasteiger partial charge is 0.381 e. The lowest BCUT2D eigenvalue weighted by atomic mass is 9.80. The van der Waals surface area contributed by atoms with Crippen molar-refractivity contribution >= 4 is 49.2 Å². The van der Waals surface area contributed by atoms with Crippen molar-refractivity contribution in [3.8, 4) is 0 Å². The monoisotopic (exact) mass is 426 g/mol. The number of aliphatic hydroxyl groups is 1. The van der Waals surface area contributed by atoms with Crippen molar-refractivity contribution < 1.29 is 5.11 Å². The first-order valence-corrected chi connectivity index (χ1v) is 11.3. The van der Waals surface area contributed by atoms with Crippen molar-refractivity contribution in [3.05, 3.63) is 114 Å². The molecule has 0 saturated heterocycles. The van der Waals surface area contributed by atoms with Crippen LogP contribution in [0.15, 0.2) is 103 Å². The molecule has 1 atom stereocenters. The summed E-state index contributed by atoms with van der Waals surface area (Å²) in [4.78, 5) is 7.16. The van der Waals surface area contributed by atoms with Crippen LogP contribution in [0.1, 0.15) is 17.5 Å². The Kier molecular flexibility index (Phi) is 3.76. The van der Waals surface area contributed by atoms with Gasteiger partial charge in [-0.05, 0) is 23.8 Å². The van der Waals surface area contributed by atoms with E-state index in [1.54, 1.807) is 0 Å². The number of hydrogen-bond acceptors (Lipinski definition) is 1. The second-order valence-electron chi connectivity index (χ2n) is 8.95. The molecular weight excluding hydrogens is 404 g/mol. The van der Waals surface area contributed by atoms with Crippen LogP contribution in [0, 0.1) is 0 Å². The summed E-state index contributed by atoms with van der Waals surface area (Å²) in [5, 5.41) is 16.7. The van der Waals surface area contributed by atoms with Crippen LogP contribution in [0.25, 0.3) is 49.2 Å². The average molecular weight is 427 g/mol. The summed E-state index contributed by atoms with van der Waals surface area (Å²) >= 11 is 0. The van der Waals surface area contributed by atoms with Crippen molar-refractivity contribution in [1.82, 2.24) is 9.97 Å². The molecule has 4 aromatic carbocycles. The first-order chi connectivity index (χ1) is 16.2. The highest BCUT2D eigenvalue weighted by Crippen LogP contribution is 2.42. The van der Waals surface area contributed by atoms with Crippen LogP contribution < -0.4 is 0 Å². The van der Waals surface area contributed by atoms with E-state index in [2.05, 4.69) is 82.8 Å². The molecule has 2 aromatic heterocycles. The first kappa shape index (κ1) is 18.5. The van der Waals surface area contributed by atoms with Gasteiger partial charge in [-0.25, -0.2) is 0 Å². The minimum atomic E-state index is -1.10. The standard InChI is InChI=1S/C30H22N2O/c33-30(25-14-6-13-24-22-10-2-4-16-27(22)32-29(24)25)17-7-8-19(18-30)20-11-5-12-23-21-9-1-3-15-26(21)31-28(20)23/h1-17,31-33H,18H2. The molecule has 1 aliphatic carbocycles. The van der Waals surface area contributed by atoms with Gasteiger partial charge in [0.15, 0.2) is 0 Å². The maximum Gasteiger partial charge on any atom is 0.114 e. The van der Waals surface area contributed by atoms with Gasteiger partial charge in [-0.3, -0.25) is 0 Å². The topological polar surface area (TPSA) is 51.8 Å². The van der Waals surface area contributed by atoms with Crippen molar-refractivity contribution in [2.24, 2.45) is 0 Å². The van der Waals surface area contributed by atoms with Crippen LogP contribution in [0.5, 0.6) is 0 Å². The zero-order chi connectivity index (χ0) is 22.0. The fourth-order valence-electron chi connectivity index (χ4n) is 5.48. The van der Waals surface area contributed by atoms with E-state index >= 15 is 0 Å².